The van der Waals surface area contributed by atoms with Crippen molar-refractivity contribution in [3.05, 3.63) is 0 Å². The third-order valence-corrected chi connectivity index (χ3v) is 3.11. The maximum atomic E-state index is 10.8. The molecule has 3 N–H and O–H groups in total. The zero-order valence-corrected chi connectivity index (χ0v) is 10.2. The van der Waals surface area contributed by atoms with E-state index in [1.165, 1.54) is 0 Å². The number of carboxylic acids is 1. The molecule has 10 nitrogen and oxygen atoms in total. The number of hydrogen-bond donors (Lipinski definition) is 3. The molecule has 1 aliphatic heterocycles. The average molecular weight is 300 g/mol. The summed E-state index contributed by atoms with van der Waals surface area (Å²) in [5, 5.41) is 38.6. The van der Waals surface area contributed by atoms with Crippen molar-refractivity contribution < 1.29 is 47.1 Å². The fourth-order valence-electron chi connectivity index (χ4n) is 1.86. The summed E-state index contributed by atoms with van der Waals surface area (Å²) in [5.41, 5.74) is 0. The van der Waals surface area contributed by atoms with Crippen molar-refractivity contribution in [2.75, 3.05) is 6.61 Å². The van der Waals surface area contributed by atoms with Crippen LogP contribution in [0.3, 0.4) is 0 Å². The quantitative estimate of drug-likeness (QED) is 0.332. The summed E-state index contributed by atoms with van der Waals surface area (Å²) >= 11 is 0. The van der Waals surface area contributed by atoms with Crippen LogP contribution in [0.5, 0.6) is 0 Å². The molecule has 0 radical (unpaired) electrons. The average Bonchev–Trinajstić information content (AvgIpc) is 2.26. The molecule has 0 aromatic rings. The van der Waals surface area contributed by atoms with E-state index in [9.17, 15) is 33.1 Å². The molecule has 11 heteroatoms. The van der Waals surface area contributed by atoms with Crippen molar-refractivity contribution in [3.63, 3.8) is 0 Å². The third-order valence-electron chi connectivity index (χ3n) is 2.65. The second-order valence-corrected chi connectivity index (χ2v) is 4.91. The monoisotopic (exact) mass is 300 g/mol. The van der Waals surface area contributed by atoms with Crippen molar-refractivity contribution >= 4 is 16.4 Å². The summed E-state index contributed by atoms with van der Waals surface area (Å²) in [7, 11) is -5.24. The maximum Gasteiger partial charge on any atom is 0.218 e. The number of aliphatic hydroxyl groups is 3. The van der Waals surface area contributed by atoms with Gasteiger partial charge < -0.3 is 34.5 Å². The Balaban J connectivity index is 2.96. The molecule has 0 bridgehead atoms. The molecule has 112 valence electrons. The van der Waals surface area contributed by atoms with E-state index >= 15 is 0 Å². The van der Waals surface area contributed by atoms with Crippen LogP contribution in [0.15, 0.2) is 0 Å². The van der Waals surface area contributed by atoms with E-state index in [4.69, 9.17) is 5.11 Å². The van der Waals surface area contributed by atoms with Gasteiger partial charge in [0.05, 0.1) is 12.1 Å². The highest BCUT2D eigenvalue weighted by atomic mass is 32.3. The maximum absolute atomic E-state index is 10.8. The molecule has 0 amide bonds. The largest absolute Gasteiger partial charge is 0.726 e. The lowest BCUT2D eigenvalue weighted by Crippen LogP contribution is -2.60. The first kappa shape index (κ1) is 16.2. The highest BCUT2D eigenvalue weighted by Gasteiger charge is 2.46. The Morgan fingerprint density at radius 1 is 1.37 bits per heavy atom. The van der Waals surface area contributed by atoms with Gasteiger partial charge in [-0.3, -0.25) is 4.18 Å². The van der Waals surface area contributed by atoms with E-state index in [1.807, 2.05) is 0 Å². The van der Waals surface area contributed by atoms with Gasteiger partial charge in [-0.1, -0.05) is 0 Å². The molecule has 0 saturated carbocycles. The van der Waals surface area contributed by atoms with Crippen molar-refractivity contribution in [3.8, 4) is 0 Å². The lowest BCUT2D eigenvalue weighted by molar-refractivity contribution is -0.340. The lowest BCUT2D eigenvalue weighted by atomic mass is 9.86. The first-order chi connectivity index (χ1) is 8.67. The molecule has 1 rings (SSSR count). The molecule has 1 saturated heterocycles. The molecule has 1 fully saturated rings. The van der Waals surface area contributed by atoms with Gasteiger partial charge >= 0.3 is 0 Å². The highest BCUT2D eigenvalue weighted by molar-refractivity contribution is 7.80. The second-order valence-electron chi connectivity index (χ2n) is 3.90. The molecule has 19 heavy (non-hydrogen) atoms. The van der Waals surface area contributed by atoms with E-state index in [-0.39, 0.29) is 6.42 Å². The van der Waals surface area contributed by atoms with E-state index in [1.54, 1.807) is 0 Å². The van der Waals surface area contributed by atoms with E-state index in [2.05, 4.69) is 8.92 Å². The molecule has 0 aromatic carbocycles. The first-order valence-electron chi connectivity index (χ1n) is 5.14. The van der Waals surface area contributed by atoms with Crippen molar-refractivity contribution in [2.24, 2.45) is 5.92 Å². The van der Waals surface area contributed by atoms with Gasteiger partial charge in [0.1, 0.15) is 6.10 Å². The van der Waals surface area contributed by atoms with Gasteiger partial charge in [-0.25, -0.2) is 8.42 Å². The summed E-state index contributed by atoms with van der Waals surface area (Å²) in [4.78, 5) is 10.8. The zero-order valence-electron chi connectivity index (χ0n) is 9.41. The predicted molar refractivity (Wildman–Crippen MR) is 51.7 cm³/mol. The zero-order chi connectivity index (χ0) is 14.8. The van der Waals surface area contributed by atoms with Crippen LogP contribution in [-0.2, 0) is 24.1 Å². The number of carboxylic acid groups (broad SMARTS) is 1. The molecule has 2 unspecified atom stereocenters. The van der Waals surface area contributed by atoms with Crippen LogP contribution < -0.4 is 5.11 Å². The fraction of sp³-hybridized carbons (Fsp3) is 0.875. The van der Waals surface area contributed by atoms with Gasteiger partial charge in [0, 0.05) is 12.5 Å². The molecular formula is C8H12O10S-2. The van der Waals surface area contributed by atoms with Gasteiger partial charge in [-0.15, -0.1) is 0 Å². The van der Waals surface area contributed by atoms with Crippen LogP contribution >= 0.6 is 0 Å². The number of carbonyl (C=O) groups is 1. The van der Waals surface area contributed by atoms with Crippen LogP contribution in [-0.4, -0.2) is 65.5 Å². The van der Waals surface area contributed by atoms with Crippen LogP contribution in [0.25, 0.3) is 0 Å². The number of rotatable bonds is 5. The van der Waals surface area contributed by atoms with Crippen molar-refractivity contribution in [1.82, 2.24) is 0 Å². The molecule has 0 aliphatic carbocycles. The Bertz CT molecular complexity index is 419. The summed E-state index contributed by atoms with van der Waals surface area (Å²) in [6.45, 7) is -0.540. The molecule has 0 aromatic heterocycles. The van der Waals surface area contributed by atoms with E-state index in [0.717, 1.165) is 0 Å². The summed E-state index contributed by atoms with van der Waals surface area (Å²) in [5.74, 6) is -3.06. The third kappa shape index (κ3) is 4.07. The second kappa shape index (κ2) is 6.09. The Morgan fingerprint density at radius 3 is 2.37 bits per heavy atom. The topological polar surface area (TPSA) is 176 Å². The Hall–Kier alpha value is -0.820. The minimum Gasteiger partial charge on any atom is -0.726 e. The Kier molecular flexibility index (Phi) is 5.20. The SMILES string of the molecule is O=C([O-])C1O[C@@H](O)C(OS(=O)(=O)[O-])[C@H](O)[C@@H]1CCO. The van der Waals surface area contributed by atoms with Gasteiger partial charge in [0.15, 0.2) is 12.4 Å². The number of ether oxygens (including phenoxy) is 1. The van der Waals surface area contributed by atoms with Crippen molar-refractivity contribution in [2.45, 2.75) is 31.0 Å². The van der Waals surface area contributed by atoms with Gasteiger partial charge in [-0.2, -0.15) is 0 Å². The number of aliphatic hydroxyl groups excluding tert-OH is 3. The predicted octanol–water partition coefficient (Wildman–Crippen LogP) is -4.34. The lowest BCUT2D eigenvalue weighted by Gasteiger charge is -2.42. The minimum atomic E-state index is -5.24. The van der Waals surface area contributed by atoms with E-state index < -0.39 is 53.5 Å². The number of carbonyl (C=O) groups excluding carboxylic acids is 1. The number of aliphatic carboxylic acids is 1. The fourth-order valence-corrected chi connectivity index (χ4v) is 2.34. The number of hydrogen-bond acceptors (Lipinski definition) is 10. The molecule has 0 spiro atoms. The standard InChI is InChI=1S/C8H14O10S/c9-2-1-3-4(10)6(18-19(14,15)16)8(13)17-5(3)7(11)12/h3-6,8-10,13H,1-2H2,(H,11,12)(H,14,15,16)/p-2/t3-,4+,5?,6?,8+/m0/s1. The normalized spacial score (nSPS) is 36.1. The van der Waals surface area contributed by atoms with Crippen LogP contribution in [0.2, 0.25) is 0 Å². The van der Waals surface area contributed by atoms with Crippen LogP contribution in [0, 0.1) is 5.92 Å². The Morgan fingerprint density at radius 2 is 1.95 bits per heavy atom. The molecular weight excluding hydrogens is 288 g/mol. The molecule has 1 heterocycles. The molecule has 5 atom stereocenters. The summed E-state index contributed by atoms with van der Waals surface area (Å²) < 4.78 is 39.8. The highest BCUT2D eigenvalue weighted by Crippen LogP contribution is 2.29. The van der Waals surface area contributed by atoms with E-state index in [0.29, 0.717) is 0 Å². The van der Waals surface area contributed by atoms with Gasteiger partial charge in [-0.05, 0) is 6.42 Å². The summed E-state index contributed by atoms with van der Waals surface area (Å²) in [6.07, 6.45) is -8.02. The van der Waals surface area contributed by atoms with Gasteiger partial charge in [0.25, 0.3) is 0 Å². The smallest absolute Gasteiger partial charge is 0.218 e. The minimum absolute atomic E-state index is 0.286. The first-order valence-corrected chi connectivity index (χ1v) is 6.48. The Labute approximate surface area is 108 Å². The van der Waals surface area contributed by atoms with Crippen LogP contribution in [0.1, 0.15) is 6.42 Å². The van der Waals surface area contributed by atoms with Crippen molar-refractivity contribution in [1.29, 1.82) is 0 Å². The van der Waals surface area contributed by atoms with Gasteiger partial charge in [0.2, 0.25) is 10.4 Å². The summed E-state index contributed by atoms with van der Waals surface area (Å²) in [6, 6.07) is 0. The molecule has 1 aliphatic rings. The van der Waals surface area contributed by atoms with Crippen LogP contribution in [0.4, 0.5) is 0 Å².